The minimum Gasteiger partial charge on any atom is -0.494 e. The lowest BCUT2D eigenvalue weighted by Gasteiger charge is -2.16. The summed E-state index contributed by atoms with van der Waals surface area (Å²) < 4.78 is 5.48. The van der Waals surface area contributed by atoms with Gasteiger partial charge in [0.05, 0.1) is 24.2 Å². The average molecular weight is 319 g/mol. The summed E-state index contributed by atoms with van der Waals surface area (Å²) >= 11 is 1.58. The van der Waals surface area contributed by atoms with Crippen molar-refractivity contribution in [2.75, 3.05) is 6.61 Å². The van der Waals surface area contributed by atoms with Crippen molar-refractivity contribution in [1.82, 2.24) is 15.6 Å². The molecule has 0 aliphatic carbocycles. The number of hydrogen-bond donors (Lipinski definition) is 2. The van der Waals surface area contributed by atoms with E-state index in [1.165, 1.54) is 0 Å². The van der Waals surface area contributed by atoms with Crippen molar-refractivity contribution in [3.05, 3.63) is 45.9 Å². The number of urea groups is 1. The first kappa shape index (κ1) is 16.3. The summed E-state index contributed by atoms with van der Waals surface area (Å²) in [6, 6.07) is 7.47. The topological polar surface area (TPSA) is 63.2 Å². The Bertz CT molecular complexity index is 627. The van der Waals surface area contributed by atoms with Crippen molar-refractivity contribution in [1.29, 1.82) is 0 Å². The molecule has 0 aliphatic rings. The number of aryl methyl sites for hydroxylation is 1. The van der Waals surface area contributed by atoms with E-state index in [1.54, 1.807) is 17.5 Å². The first-order valence-electron chi connectivity index (χ1n) is 7.27. The van der Waals surface area contributed by atoms with Crippen LogP contribution in [0.3, 0.4) is 0 Å². The monoisotopic (exact) mass is 319 g/mol. The molecular formula is C16H21N3O2S. The molecule has 1 unspecified atom stereocenters. The van der Waals surface area contributed by atoms with Crippen LogP contribution in [0.25, 0.3) is 0 Å². The van der Waals surface area contributed by atoms with Crippen LogP contribution in [0.4, 0.5) is 4.79 Å². The van der Waals surface area contributed by atoms with Gasteiger partial charge in [-0.1, -0.05) is 12.1 Å². The van der Waals surface area contributed by atoms with Crippen LogP contribution < -0.4 is 15.4 Å². The molecule has 118 valence electrons. The Morgan fingerprint density at radius 1 is 1.45 bits per heavy atom. The number of hydrogen-bond acceptors (Lipinski definition) is 4. The molecule has 0 saturated carbocycles. The zero-order chi connectivity index (χ0) is 15.9. The lowest BCUT2D eigenvalue weighted by Crippen LogP contribution is -2.36. The second kappa shape index (κ2) is 7.79. The van der Waals surface area contributed by atoms with Crippen molar-refractivity contribution in [3.8, 4) is 5.75 Å². The van der Waals surface area contributed by atoms with Crippen LogP contribution in [0, 0.1) is 6.92 Å². The van der Waals surface area contributed by atoms with Gasteiger partial charge >= 0.3 is 6.03 Å². The minimum absolute atomic E-state index is 0.0939. The van der Waals surface area contributed by atoms with Gasteiger partial charge in [0, 0.05) is 11.1 Å². The highest BCUT2D eigenvalue weighted by atomic mass is 32.1. The molecule has 6 heteroatoms. The number of carbonyl (C=O) groups is 1. The number of ether oxygens (including phenoxy) is 1. The Morgan fingerprint density at radius 2 is 2.27 bits per heavy atom. The summed E-state index contributed by atoms with van der Waals surface area (Å²) in [7, 11) is 0. The van der Waals surface area contributed by atoms with Gasteiger partial charge < -0.3 is 15.4 Å². The molecule has 2 rings (SSSR count). The first-order valence-corrected chi connectivity index (χ1v) is 8.08. The maximum Gasteiger partial charge on any atom is 0.315 e. The van der Waals surface area contributed by atoms with Gasteiger partial charge in [-0.2, -0.15) is 0 Å². The van der Waals surface area contributed by atoms with E-state index in [2.05, 4.69) is 15.6 Å². The highest BCUT2D eigenvalue weighted by molar-refractivity contribution is 7.11. The summed E-state index contributed by atoms with van der Waals surface area (Å²) in [4.78, 5) is 17.2. The molecular weight excluding hydrogens is 298 g/mol. The molecule has 0 saturated heterocycles. The Hall–Kier alpha value is -2.08. The van der Waals surface area contributed by atoms with E-state index in [0.29, 0.717) is 13.2 Å². The summed E-state index contributed by atoms with van der Waals surface area (Å²) in [5, 5.41) is 6.76. The van der Waals surface area contributed by atoms with Gasteiger partial charge in [-0.15, -0.1) is 11.3 Å². The highest BCUT2D eigenvalue weighted by Gasteiger charge is 2.10. The maximum absolute atomic E-state index is 11.9. The summed E-state index contributed by atoms with van der Waals surface area (Å²) in [6.45, 7) is 6.95. The number of amides is 2. The number of benzene rings is 1. The van der Waals surface area contributed by atoms with Crippen LogP contribution >= 0.6 is 11.3 Å². The van der Waals surface area contributed by atoms with Gasteiger partial charge in [0.25, 0.3) is 0 Å². The molecule has 1 aromatic heterocycles. The SMILES string of the molecule is CCOc1cccc(C(C)NC(=O)NCc2cnc(C)s2)c1. The molecule has 2 aromatic rings. The van der Waals surface area contributed by atoms with Crippen LogP contribution in [0.15, 0.2) is 30.5 Å². The third kappa shape index (κ3) is 4.73. The van der Waals surface area contributed by atoms with Crippen molar-refractivity contribution < 1.29 is 9.53 Å². The van der Waals surface area contributed by atoms with E-state index in [9.17, 15) is 4.79 Å². The number of aromatic nitrogens is 1. The lowest BCUT2D eigenvalue weighted by atomic mass is 10.1. The summed E-state index contributed by atoms with van der Waals surface area (Å²) in [5.74, 6) is 0.814. The Morgan fingerprint density at radius 3 is 2.95 bits per heavy atom. The summed E-state index contributed by atoms with van der Waals surface area (Å²) in [5.41, 5.74) is 1.01. The van der Waals surface area contributed by atoms with E-state index in [4.69, 9.17) is 4.74 Å². The zero-order valence-electron chi connectivity index (χ0n) is 13.1. The van der Waals surface area contributed by atoms with Crippen molar-refractivity contribution in [2.24, 2.45) is 0 Å². The Kier molecular flexibility index (Phi) is 5.77. The molecule has 0 radical (unpaired) electrons. The van der Waals surface area contributed by atoms with Gasteiger partial charge in [-0.05, 0) is 38.5 Å². The molecule has 0 spiro atoms. The van der Waals surface area contributed by atoms with Gasteiger partial charge in [0.15, 0.2) is 0 Å². The standard InChI is InChI=1S/C16H21N3O2S/c1-4-21-14-7-5-6-13(8-14)11(2)19-16(20)18-10-15-9-17-12(3)22-15/h5-9,11H,4,10H2,1-3H3,(H2,18,19,20). The van der Waals surface area contributed by atoms with Crippen LogP contribution in [0.2, 0.25) is 0 Å². The Labute approximate surface area is 134 Å². The van der Waals surface area contributed by atoms with Crippen LogP contribution in [-0.2, 0) is 6.54 Å². The third-order valence-electron chi connectivity index (χ3n) is 3.11. The van der Waals surface area contributed by atoms with Gasteiger partial charge in [0.1, 0.15) is 5.75 Å². The van der Waals surface area contributed by atoms with Crippen LogP contribution in [0.1, 0.15) is 35.3 Å². The first-order chi connectivity index (χ1) is 10.6. The quantitative estimate of drug-likeness (QED) is 0.857. The van der Waals surface area contributed by atoms with E-state index in [-0.39, 0.29) is 12.1 Å². The molecule has 0 bridgehead atoms. The van der Waals surface area contributed by atoms with Crippen molar-refractivity contribution >= 4 is 17.4 Å². The summed E-state index contributed by atoms with van der Waals surface area (Å²) in [6.07, 6.45) is 1.79. The van der Waals surface area contributed by atoms with E-state index < -0.39 is 0 Å². The number of carbonyl (C=O) groups excluding carboxylic acids is 1. The van der Waals surface area contributed by atoms with Gasteiger partial charge in [-0.3, -0.25) is 0 Å². The molecule has 1 atom stereocenters. The smallest absolute Gasteiger partial charge is 0.315 e. The highest BCUT2D eigenvalue weighted by Crippen LogP contribution is 2.19. The fourth-order valence-corrected chi connectivity index (χ4v) is 2.76. The third-order valence-corrected chi connectivity index (χ3v) is 4.02. The van der Waals surface area contributed by atoms with Crippen molar-refractivity contribution in [2.45, 2.75) is 33.4 Å². The lowest BCUT2D eigenvalue weighted by molar-refractivity contribution is 0.237. The molecule has 1 heterocycles. The number of rotatable bonds is 6. The van der Waals surface area contributed by atoms with E-state index in [0.717, 1.165) is 21.2 Å². The minimum atomic E-state index is -0.194. The molecule has 0 fully saturated rings. The number of thiazole rings is 1. The average Bonchev–Trinajstić information content (AvgIpc) is 2.91. The molecule has 2 N–H and O–H groups in total. The maximum atomic E-state index is 11.9. The molecule has 0 aliphatic heterocycles. The largest absolute Gasteiger partial charge is 0.494 e. The van der Waals surface area contributed by atoms with Crippen LogP contribution in [0.5, 0.6) is 5.75 Å². The van der Waals surface area contributed by atoms with E-state index in [1.807, 2.05) is 45.0 Å². The van der Waals surface area contributed by atoms with Crippen molar-refractivity contribution in [3.63, 3.8) is 0 Å². The zero-order valence-corrected chi connectivity index (χ0v) is 13.9. The molecule has 2 amide bonds. The second-order valence-corrected chi connectivity index (χ2v) is 6.22. The number of nitrogens with zero attached hydrogens (tertiary/aromatic N) is 1. The number of nitrogens with one attached hydrogen (secondary N) is 2. The Balaban J connectivity index is 1.86. The fraction of sp³-hybridized carbons (Fsp3) is 0.375. The predicted molar refractivity (Wildman–Crippen MR) is 88.2 cm³/mol. The predicted octanol–water partition coefficient (Wildman–Crippen LogP) is 3.41. The van der Waals surface area contributed by atoms with Gasteiger partial charge in [-0.25, -0.2) is 9.78 Å². The molecule has 1 aromatic carbocycles. The molecule has 22 heavy (non-hydrogen) atoms. The van der Waals surface area contributed by atoms with E-state index >= 15 is 0 Å². The molecule has 5 nitrogen and oxygen atoms in total. The normalized spacial score (nSPS) is 11.8. The van der Waals surface area contributed by atoms with Gasteiger partial charge in [0.2, 0.25) is 0 Å². The van der Waals surface area contributed by atoms with Crippen LogP contribution in [-0.4, -0.2) is 17.6 Å². The second-order valence-electron chi connectivity index (χ2n) is 4.90. The fourth-order valence-electron chi connectivity index (χ4n) is 2.03.